The zero-order valence-corrected chi connectivity index (χ0v) is 22.5. The highest BCUT2D eigenvalue weighted by atomic mass is 32.2. The van der Waals surface area contributed by atoms with Crippen molar-refractivity contribution in [2.24, 2.45) is 5.92 Å². The summed E-state index contributed by atoms with van der Waals surface area (Å²) in [4.78, 5) is 20.4. The Hall–Kier alpha value is -4.80. The molecule has 2 heterocycles. The molecule has 40 heavy (non-hydrogen) atoms. The molecule has 0 amide bonds. The maximum Gasteiger partial charge on any atom is 0.296 e. The van der Waals surface area contributed by atoms with Crippen LogP contribution in [0, 0.1) is 28.6 Å². The Morgan fingerprint density at radius 1 is 1.10 bits per heavy atom. The molecule has 2 aromatic carbocycles. The molecule has 0 radical (unpaired) electrons. The van der Waals surface area contributed by atoms with Crippen LogP contribution in [0.3, 0.4) is 0 Å². The molecule has 1 aliphatic carbocycles. The van der Waals surface area contributed by atoms with Crippen molar-refractivity contribution in [3.63, 3.8) is 0 Å². The lowest BCUT2D eigenvalue weighted by molar-refractivity contribution is 0.357. The minimum Gasteiger partial charge on any atom is -0.493 e. The van der Waals surface area contributed by atoms with Gasteiger partial charge < -0.3 is 5.11 Å². The predicted octanol–water partition coefficient (Wildman–Crippen LogP) is 4.54. The number of hydrogen-bond donors (Lipinski definition) is 1. The molecular weight excluding hydrogens is 526 g/mol. The fraction of sp³-hybridized carbons (Fsp3) is 0.233. The average Bonchev–Trinajstić information content (AvgIpc) is 3.79. The Kier molecular flexibility index (Phi) is 7.20. The number of aromatic hydroxyl groups is 1. The fourth-order valence-electron chi connectivity index (χ4n) is 4.87. The zero-order valence-electron chi connectivity index (χ0n) is 21.7. The number of nitrogens with zero attached hydrogens (tertiary/aromatic N) is 5. The van der Waals surface area contributed by atoms with Gasteiger partial charge >= 0.3 is 0 Å². The Labute approximate surface area is 231 Å². The van der Waals surface area contributed by atoms with Gasteiger partial charge in [-0.3, -0.25) is 14.3 Å². The van der Waals surface area contributed by atoms with E-state index in [9.17, 15) is 28.8 Å². The Bertz CT molecular complexity index is 1850. The van der Waals surface area contributed by atoms with Gasteiger partial charge in [-0.25, -0.2) is 8.42 Å². The minimum atomic E-state index is -4.48. The van der Waals surface area contributed by atoms with E-state index in [0.717, 1.165) is 12.8 Å². The van der Waals surface area contributed by atoms with E-state index < -0.39 is 32.2 Å². The molecule has 1 saturated carbocycles. The van der Waals surface area contributed by atoms with Crippen molar-refractivity contribution in [1.82, 2.24) is 14.5 Å². The van der Waals surface area contributed by atoms with E-state index in [4.69, 9.17) is 0 Å². The van der Waals surface area contributed by atoms with Crippen molar-refractivity contribution < 1.29 is 13.5 Å². The zero-order chi connectivity index (χ0) is 28.4. The molecule has 0 unspecified atom stereocenters. The normalized spacial score (nSPS) is 13.8. The number of hydrogen-bond acceptors (Lipinski definition) is 8. The molecule has 0 saturated heterocycles. The van der Waals surface area contributed by atoms with Crippen LogP contribution in [0.4, 0.5) is 0 Å². The lowest BCUT2D eigenvalue weighted by atomic mass is 10.0. The molecule has 0 bridgehead atoms. The smallest absolute Gasteiger partial charge is 0.296 e. The van der Waals surface area contributed by atoms with Gasteiger partial charge in [0, 0.05) is 24.4 Å². The van der Waals surface area contributed by atoms with Crippen LogP contribution in [0.2, 0.25) is 0 Å². The monoisotopic (exact) mass is 551 g/mol. The molecule has 1 atom stereocenters. The van der Waals surface area contributed by atoms with Gasteiger partial charge in [0.25, 0.3) is 5.56 Å². The summed E-state index contributed by atoms with van der Waals surface area (Å²) in [5.41, 5.74) is 1.59. The van der Waals surface area contributed by atoms with E-state index in [1.165, 1.54) is 41.2 Å². The molecule has 200 valence electrons. The van der Waals surface area contributed by atoms with Crippen molar-refractivity contribution >= 4 is 9.84 Å². The topological polar surface area (TPSA) is 150 Å². The highest BCUT2D eigenvalue weighted by Crippen LogP contribution is 2.37. The van der Waals surface area contributed by atoms with Crippen molar-refractivity contribution in [2.75, 3.05) is 0 Å². The third kappa shape index (κ3) is 4.97. The third-order valence-electron chi connectivity index (χ3n) is 7.09. The number of rotatable bonds is 8. The van der Waals surface area contributed by atoms with Gasteiger partial charge in [0.1, 0.15) is 5.82 Å². The van der Waals surface area contributed by atoms with E-state index in [1.54, 1.807) is 30.3 Å². The number of sulfone groups is 1. The van der Waals surface area contributed by atoms with E-state index >= 15 is 0 Å². The van der Waals surface area contributed by atoms with Crippen LogP contribution >= 0.6 is 0 Å². The molecule has 2 aromatic heterocycles. The highest BCUT2D eigenvalue weighted by Gasteiger charge is 2.34. The summed E-state index contributed by atoms with van der Waals surface area (Å²) < 4.78 is 29.0. The van der Waals surface area contributed by atoms with Crippen LogP contribution in [0.25, 0.3) is 11.1 Å². The molecule has 4 aromatic rings. The van der Waals surface area contributed by atoms with Crippen LogP contribution in [-0.4, -0.2) is 28.1 Å². The highest BCUT2D eigenvalue weighted by molar-refractivity contribution is 7.91. The van der Waals surface area contributed by atoms with Gasteiger partial charge in [0.15, 0.2) is 4.90 Å². The summed E-state index contributed by atoms with van der Waals surface area (Å²) >= 11 is 0. The first kappa shape index (κ1) is 26.8. The maximum absolute atomic E-state index is 13.8. The maximum atomic E-state index is 13.8. The Morgan fingerprint density at radius 3 is 2.50 bits per heavy atom. The van der Waals surface area contributed by atoms with Gasteiger partial charge in [-0.1, -0.05) is 31.2 Å². The molecular formula is C30H25N5O4S. The molecule has 9 nitrogen and oxygen atoms in total. The van der Waals surface area contributed by atoms with Crippen LogP contribution in [0.5, 0.6) is 5.88 Å². The van der Waals surface area contributed by atoms with Crippen molar-refractivity contribution in [3.8, 4) is 29.1 Å². The largest absolute Gasteiger partial charge is 0.493 e. The number of nitriles is 2. The van der Waals surface area contributed by atoms with Gasteiger partial charge in [-0.2, -0.15) is 15.5 Å². The molecule has 1 fully saturated rings. The number of benzene rings is 2. The van der Waals surface area contributed by atoms with E-state index in [2.05, 4.69) is 22.1 Å². The van der Waals surface area contributed by atoms with Crippen molar-refractivity contribution in [1.29, 1.82) is 10.5 Å². The minimum absolute atomic E-state index is 0.200. The first-order chi connectivity index (χ1) is 19.3. The van der Waals surface area contributed by atoms with Crippen LogP contribution < -0.4 is 5.56 Å². The average molecular weight is 552 g/mol. The molecule has 5 rings (SSSR count). The van der Waals surface area contributed by atoms with Gasteiger partial charge in [0.05, 0.1) is 34.2 Å². The lowest BCUT2D eigenvalue weighted by Crippen LogP contribution is -2.27. The second-order valence-electron chi connectivity index (χ2n) is 9.73. The summed E-state index contributed by atoms with van der Waals surface area (Å²) in [5.74, 6) is -0.0524. The second kappa shape index (κ2) is 10.8. The first-order valence-corrected chi connectivity index (χ1v) is 14.3. The summed E-state index contributed by atoms with van der Waals surface area (Å²) in [6.45, 7) is 1.88. The predicted molar refractivity (Wildman–Crippen MR) is 146 cm³/mol. The summed E-state index contributed by atoms with van der Waals surface area (Å²) in [6, 6.07) is 17.8. The van der Waals surface area contributed by atoms with E-state index in [0.29, 0.717) is 52.4 Å². The molecule has 1 N–H and O–H groups in total. The summed E-state index contributed by atoms with van der Waals surface area (Å²) in [5, 5.41) is 30.3. The third-order valence-corrected chi connectivity index (χ3v) is 8.87. The standard InChI is InChI=1S/C30H25N5O4S/c1-2-26(22-5-3-4-20(14-22)16-31)35-27(15-19-6-7-19)34-29(36)28(30(35)37)40(38,39)24-10-8-21(9-11-24)25-18-33-13-12-23(25)17-32/h3-5,8-14,18-19,26,37H,2,6-7,15H2,1H3/t26-/m0/s1. The first-order valence-electron chi connectivity index (χ1n) is 12.8. The Morgan fingerprint density at radius 2 is 1.85 bits per heavy atom. The quantitative estimate of drug-likeness (QED) is 0.335. The SMILES string of the molecule is CC[C@@H](c1cccc(C#N)c1)n1c(CC2CC2)nc(=O)c(S(=O)(=O)c2ccc(-c3cnccc3C#N)cc2)c1O. The summed E-state index contributed by atoms with van der Waals surface area (Å²) in [6.07, 6.45) is 5.82. The van der Waals surface area contributed by atoms with Crippen molar-refractivity contribution in [2.45, 2.75) is 48.4 Å². The van der Waals surface area contributed by atoms with Crippen LogP contribution in [-0.2, 0) is 16.3 Å². The Balaban J connectivity index is 1.64. The van der Waals surface area contributed by atoms with Crippen LogP contribution in [0.1, 0.15) is 54.7 Å². The second-order valence-corrected chi connectivity index (χ2v) is 11.6. The lowest BCUT2D eigenvalue weighted by Gasteiger charge is -2.25. The van der Waals surface area contributed by atoms with Gasteiger partial charge in [0.2, 0.25) is 15.7 Å². The van der Waals surface area contributed by atoms with E-state index in [1.807, 2.05) is 6.92 Å². The van der Waals surface area contributed by atoms with E-state index in [-0.39, 0.29) is 4.90 Å². The summed E-state index contributed by atoms with van der Waals surface area (Å²) in [7, 11) is -4.48. The van der Waals surface area contributed by atoms with Gasteiger partial charge in [-0.15, -0.1) is 0 Å². The van der Waals surface area contributed by atoms with Crippen LogP contribution in [0.15, 0.2) is 81.6 Å². The molecule has 0 aliphatic heterocycles. The van der Waals surface area contributed by atoms with Gasteiger partial charge in [-0.05, 0) is 66.6 Å². The molecule has 10 heteroatoms. The molecule has 1 aliphatic rings. The van der Waals surface area contributed by atoms with Crippen molar-refractivity contribution in [3.05, 3.63) is 99.9 Å². The number of aromatic nitrogens is 3. The number of pyridine rings is 1. The molecule has 0 spiro atoms. The fourth-order valence-corrected chi connectivity index (χ4v) is 6.22.